The van der Waals surface area contributed by atoms with Crippen molar-refractivity contribution in [3.05, 3.63) is 130 Å². The summed E-state index contributed by atoms with van der Waals surface area (Å²) in [6.07, 6.45) is 0.725. The Morgan fingerprint density at radius 1 is 0.750 bits per heavy atom. The highest BCUT2D eigenvalue weighted by molar-refractivity contribution is 6.30. The second-order valence-corrected chi connectivity index (χ2v) is 8.67. The topological polar surface area (TPSA) is 55.8 Å². The molecule has 6 heteroatoms. The molecule has 0 aliphatic heterocycles. The lowest BCUT2D eigenvalue weighted by Crippen LogP contribution is -2.32. The highest BCUT2D eigenvalue weighted by Gasteiger charge is 2.17. The molecule has 0 atom stereocenters. The molecule has 0 heterocycles. The van der Waals surface area contributed by atoms with Gasteiger partial charge in [-0.15, -0.1) is 0 Å². The van der Waals surface area contributed by atoms with Crippen molar-refractivity contribution in [3.63, 3.8) is 0 Å². The van der Waals surface area contributed by atoms with Crippen LogP contribution in [0.1, 0.15) is 31.8 Å². The maximum absolute atomic E-state index is 13.5. The SMILES string of the molecule is COC(=O)c1ccc(CN(CCc2ccccc2)C(=O)c2ccc(Oc3cccc(Cl)c3)cc2)cc1. The predicted octanol–water partition coefficient (Wildman–Crippen LogP) is 6.80. The quantitative estimate of drug-likeness (QED) is 0.237. The van der Waals surface area contributed by atoms with E-state index in [0.717, 1.165) is 17.5 Å². The average Bonchev–Trinajstić information content (AvgIpc) is 2.91. The van der Waals surface area contributed by atoms with Crippen LogP contribution in [0.4, 0.5) is 0 Å². The van der Waals surface area contributed by atoms with Crippen LogP contribution in [0, 0.1) is 0 Å². The number of hydrogen-bond donors (Lipinski definition) is 0. The van der Waals surface area contributed by atoms with Crippen LogP contribution in [0.15, 0.2) is 103 Å². The number of esters is 1. The number of methoxy groups -OCH3 is 1. The Balaban J connectivity index is 1.50. The molecule has 0 saturated heterocycles. The third-order valence-electron chi connectivity index (χ3n) is 5.68. The van der Waals surface area contributed by atoms with E-state index < -0.39 is 5.97 Å². The largest absolute Gasteiger partial charge is 0.465 e. The molecule has 182 valence electrons. The summed E-state index contributed by atoms with van der Waals surface area (Å²) in [4.78, 5) is 27.1. The van der Waals surface area contributed by atoms with Crippen LogP contribution in [-0.2, 0) is 17.7 Å². The van der Waals surface area contributed by atoms with Gasteiger partial charge in [0.1, 0.15) is 11.5 Å². The maximum Gasteiger partial charge on any atom is 0.337 e. The second-order valence-electron chi connectivity index (χ2n) is 8.23. The Labute approximate surface area is 215 Å². The van der Waals surface area contributed by atoms with Crippen molar-refractivity contribution in [1.29, 1.82) is 0 Å². The zero-order valence-electron chi connectivity index (χ0n) is 19.9. The fraction of sp³-hybridized carbons (Fsp3) is 0.133. The number of rotatable bonds is 9. The van der Waals surface area contributed by atoms with Gasteiger partial charge in [-0.1, -0.05) is 60.1 Å². The first-order valence-corrected chi connectivity index (χ1v) is 11.9. The third-order valence-corrected chi connectivity index (χ3v) is 5.92. The van der Waals surface area contributed by atoms with Crippen LogP contribution < -0.4 is 4.74 Å². The van der Waals surface area contributed by atoms with Crippen molar-refractivity contribution in [2.24, 2.45) is 0 Å². The number of nitrogens with zero attached hydrogens (tertiary/aromatic N) is 1. The zero-order valence-corrected chi connectivity index (χ0v) is 20.7. The number of carbonyl (C=O) groups is 2. The smallest absolute Gasteiger partial charge is 0.337 e. The van der Waals surface area contributed by atoms with Crippen LogP contribution in [0.5, 0.6) is 11.5 Å². The molecular weight excluding hydrogens is 474 g/mol. The first-order valence-electron chi connectivity index (χ1n) is 11.6. The lowest BCUT2D eigenvalue weighted by molar-refractivity contribution is 0.0600. The number of amides is 1. The van der Waals surface area contributed by atoms with E-state index >= 15 is 0 Å². The van der Waals surface area contributed by atoms with E-state index in [4.69, 9.17) is 21.1 Å². The summed E-state index contributed by atoms with van der Waals surface area (Å²) < 4.78 is 10.6. The Kier molecular flexibility index (Phi) is 8.37. The van der Waals surface area contributed by atoms with Gasteiger partial charge < -0.3 is 14.4 Å². The van der Waals surface area contributed by atoms with Crippen molar-refractivity contribution >= 4 is 23.5 Å². The standard InChI is InChI=1S/C30H26ClNO4/c1-35-30(34)25-12-10-23(11-13-25)21-32(19-18-22-6-3-2-4-7-22)29(33)24-14-16-27(17-15-24)36-28-9-5-8-26(31)20-28/h2-17,20H,18-19,21H2,1H3. The number of hydrogen-bond acceptors (Lipinski definition) is 4. The van der Waals surface area contributed by atoms with Crippen LogP contribution >= 0.6 is 11.6 Å². The summed E-state index contributed by atoms with van der Waals surface area (Å²) in [5.41, 5.74) is 3.11. The molecule has 0 fully saturated rings. The van der Waals surface area contributed by atoms with E-state index in [1.54, 1.807) is 48.5 Å². The van der Waals surface area contributed by atoms with E-state index in [0.29, 0.717) is 40.7 Å². The minimum absolute atomic E-state index is 0.0859. The van der Waals surface area contributed by atoms with Crippen molar-refractivity contribution in [3.8, 4) is 11.5 Å². The van der Waals surface area contributed by atoms with E-state index in [2.05, 4.69) is 12.1 Å². The minimum Gasteiger partial charge on any atom is -0.465 e. The molecule has 4 aromatic carbocycles. The van der Waals surface area contributed by atoms with Gasteiger partial charge in [-0.25, -0.2) is 4.79 Å². The third kappa shape index (κ3) is 6.74. The Hall–Kier alpha value is -4.09. The molecule has 1 amide bonds. The van der Waals surface area contributed by atoms with Crippen molar-refractivity contribution in [1.82, 2.24) is 4.90 Å². The van der Waals surface area contributed by atoms with E-state index in [1.165, 1.54) is 7.11 Å². The summed E-state index contributed by atoms with van der Waals surface area (Å²) in [5.74, 6) is 0.764. The summed E-state index contributed by atoms with van der Waals surface area (Å²) in [6.45, 7) is 0.955. The van der Waals surface area contributed by atoms with Gasteiger partial charge in [-0.3, -0.25) is 4.79 Å². The molecule has 0 unspecified atom stereocenters. The molecule has 0 aromatic heterocycles. The van der Waals surface area contributed by atoms with Gasteiger partial charge in [-0.2, -0.15) is 0 Å². The fourth-order valence-corrected chi connectivity index (χ4v) is 3.94. The van der Waals surface area contributed by atoms with Crippen LogP contribution in [0.2, 0.25) is 5.02 Å². The molecule has 0 bridgehead atoms. The molecule has 0 aliphatic carbocycles. The molecule has 0 radical (unpaired) electrons. The Morgan fingerprint density at radius 3 is 2.11 bits per heavy atom. The molecule has 0 saturated carbocycles. The number of benzene rings is 4. The normalized spacial score (nSPS) is 10.5. The summed E-state index contributed by atoms with van der Waals surface area (Å²) in [7, 11) is 1.35. The molecule has 36 heavy (non-hydrogen) atoms. The molecule has 0 N–H and O–H groups in total. The summed E-state index contributed by atoms with van der Waals surface area (Å²) in [6, 6.07) is 31.4. The van der Waals surface area contributed by atoms with E-state index in [1.807, 2.05) is 47.4 Å². The van der Waals surface area contributed by atoms with Gasteiger partial charge in [0.2, 0.25) is 0 Å². The van der Waals surface area contributed by atoms with Crippen LogP contribution in [-0.4, -0.2) is 30.4 Å². The summed E-state index contributed by atoms with van der Waals surface area (Å²) in [5, 5.41) is 0.591. The van der Waals surface area contributed by atoms with Crippen molar-refractivity contribution < 1.29 is 19.1 Å². The molecule has 4 aromatic rings. The van der Waals surface area contributed by atoms with Crippen LogP contribution in [0.25, 0.3) is 0 Å². The van der Waals surface area contributed by atoms with Crippen LogP contribution in [0.3, 0.4) is 0 Å². The first-order chi connectivity index (χ1) is 17.5. The van der Waals surface area contributed by atoms with Crippen molar-refractivity contribution in [2.75, 3.05) is 13.7 Å². The zero-order chi connectivity index (χ0) is 25.3. The fourth-order valence-electron chi connectivity index (χ4n) is 3.76. The maximum atomic E-state index is 13.5. The van der Waals surface area contributed by atoms with E-state index in [-0.39, 0.29) is 5.91 Å². The monoisotopic (exact) mass is 499 g/mol. The number of halogens is 1. The lowest BCUT2D eigenvalue weighted by atomic mass is 10.1. The lowest BCUT2D eigenvalue weighted by Gasteiger charge is -2.23. The average molecular weight is 500 g/mol. The van der Waals surface area contributed by atoms with E-state index in [9.17, 15) is 9.59 Å². The highest BCUT2D eigenvalue weighted by Crippen LogP contribution is 2.25. The summed E-state index contributed by atoms with van der Waals surface area (Å²) >= 11 is 6.03. The predicted molar refractivity (Wildman–Crippen MR) is 141 cm³/mol. The van der Waals surface area contributed by atoms with Gasteiger partial charge in [0, 0.05) is 23.7 Å². The first kappa shape index (κ1) is 25.0. The molecule has 0 spiro atoms. The Bertz CT molecular complexity index is 1310. The Morgan fingerprint density at radius 2 is 1.44 bits per heavy atom. The van der Waals surface area contributed by atoms with Gasteiger partial charge in [0.25, 0.3) is 5.91 Å². The minimum atomic E-state index is -0.390. The van der Waals surface area contributed by atoms with Gasteiger partial charge in [0.15, 0.2) is 0 Å². The molecule has 4 rings (SSSR count). The second kappa shape index (κ2) is 12.0. The molecule has 0 aliphatic rings. The molecule has 5 nitrogen and oxygen atoms in total. The van der Waals surface area contributed by atoms with Gasteiger partial charge in [0.05, 0.1) is 12.7 Å². The number of carbonyl (C=O) groups excluding carboxylic acids is 2. The molecular formula is C30H26ClNO4. The van der Waals surface area contributed by atoms with Gasteiger partial charge in [-0.05, 0) is 72.1 Å². The highest BCUT2D eigenvalue weighted by atomic mass is 35.5. The van der Waals surface area contributed by atoms with Gasteiger partial charge >= 0.3 is 5.97 Å². The number of ether oxygens (including phenoxy) is 2. The van der Waals surface area contributed by atoms with Crippen molar-refractivity contribution in [2.45, 2.75) is 13.0 Å².